The molecule has 8 heteroatoms. The summed E-state index contributed by atoms with van der Waals surface area (Å²) in [5.41, 5.74) is 0.156. The Bertz CT molecular complexity index is 451. The average molecular weight is 286 g/mol. The summed E-state index contributed by atoms with van der Waals surface area (Å²) in [6, 6.07) is 3.87. The van der Waals surface area contributed by atoms with E-state index in [1.54, 1.807) is 0 Å². The Morgan fingerprint density at radius 1 is 1.11 bits per heavy atom. The van der Waals surface area contributed by atoms with Crippen LogP contribution in [-0.4, -0.2) is 24.2 Å². The zero-order chi connectivity index (χ0) is 14.8. The number of hydrogen-bond acceptors (Lipinski definition) is 2. The normalized spacial score (nSPS) is 14.1. The standard InChI is InChI=1S/C11H8F6O2/c1-6(18)7-2-4-8(5-3-7)19-11(16,17)9(12)10(13,14)15/h2-5,9H,1H3/t9-/m1/s1. The molecule has 0 bridgehead atoms. The molecule has 0 aromatic heterocycles. The van der Waals surface area contributed by atoms with Crippen LogP contribution in [0.1, 0.15) is 17.3 Å². The van der Waals surface area contributed by atoms with Gasteiger partial charge < -0.3 is 4.74 Å². The molecule has 0 aliphatic rings. The van der Waals surface area contributed by atoms with Gasteiger partial charge in [-0.15, -0.1) is 0 Å². The van der Waals surface area contributed by atoms with Crippen molar-refractivity contribution in [1.82, 2.24) is 0 Å². The van der Waals surface area contributed by atoms with Crippen molar-refractivity contribution in [2.24, 2.45) is 0 Å². The molecular weight excluding hydrogens is 278 g/mol. The van der Waals surface area contributed by atoms with E-state index in [0.29, 0.717) is 0 Å². The summed E-state index contributed by atoms with van der Waals surface area (Å²) < 4.78 is 77.5. The lowest BCUT2D eigenvalue weighted by Crippen LogP contribution is -2.45. The molecule has 0 spiro atoms. The highest BCUT2D eigenvalue weighted by molar-refractivity contribution is 5.94. The summed E-state index contributed by atoms with van der Waals surface area (Å²) in [4.78, 5) is 10.9. The van der Waals surface area contributed by atoms with Crippen LogP contribution in [0.15, 0.2) is 24.3 Å². The smallest absolute Gasteiger partial charge is 0.430 e. The largest absolute Gasteiger partial charge is 0.439 e. The van der Waals surface area contributed by atoms with Gasteiger partial charge in [0.05, 0.1) is 0 Å². The minimum atomic E-state index is -5.73. The third kappa shape index (κ3) is 3.87. The van der Waals surface area contributed by atoms with Crippen LogP contribution in [-0.2, 0) is 0 Å². The summed E-state index contributed by atoms with van der Waals surface area (Å²) in [5, 5.41) is 0. The first-order chi connectivity index (χ1) is 8.54. The van der Waals surface area contributed by atoms with E-state index in [2.05, 4.69) is 4.74 Å². The van der Waals surface area contributed by atoms with Gasteiger partial charge >= 0.3 is 12.3 Å². The van der Waals surface area contributed by atoms with Crippen LogP contribution in [0.5, 0.6) is 5.75 Å². The molecular formula is C11H8F6O2. The molecule has 19 heavy (non-hydrogen) atoms. The minimum absolute atomic E-state index is 0.156. The predicted octanol–water partition coefficient (Wildman–Crippen LogP) is 3.76. The molecule has 0 unspecified atom stereocenters. The molecule has 0 heterocycles. The SMILES string of the molecule is CC(=O)c1ccc(OC(F)(F)[C@H](F)C(F)(F)F)cc1. The van der Waals surface area contributed by atoms with Crippen molar-refractivity contribution < 1.29 is 35.9 Å². The van der Waals surface area contributed by atoms with Crippen molar-refractivity contribution in [3.63, 3.8) is 0 Å². The molecule has 1 aromatic rings. The Labute approximate surface area is 104 Å². The Balaban J connectivity index is 2.86. The number of carbonyl (C=O) groups is 1. The van der Waals surface area contributed by atoms with Crippen LogP contribution >= 0.6 is 0 Å². The monoisotopic (exact) mass is 286 g/mol. The van der Waals surface area contributed by atoms with Crippen LogP contribution in [0.3, 0.4) is 0 Å². The van der Waals surface area contributed by atoms with Crippen LogP contribution in [0.25, 0.3) is 0 Å². The van der Waals surface area contributed by atoms with Crippen molar-refractivity contribution in [3.8, 4) is 5.75 Å². The summed E-state index contributed by atoms with van der Waals surface area (Å²) in [5.74, 6) is -1.04. The zero-order valence-electron chi connectivity index (χ0n) is 9.47. The molecule has 0 amide bonds. The highest BCUT2D eigenvalue weighted by Gasteiger charge is 2.59. The van der Waals surface area contributed by atoms with Crippen LogP contribution in [0.2, 0.25) is 0 Å². The molecule has 0 aliphatic carbocycles. The molecule has 1 aromatic carbocycles. The number of benzene rings is 1. The second kappa shape index (κ2) is 5.10. The quantitative estimate of drug-likeness (QED) is 0.622. The highest BCUT2D eigenvalue weighted by atomic mass is 19.4. The summed E-state index contributed by atoms with van der Waals surface area (Å²) in [6.07, 6.45) is -15.2. The number of ether oxygens (including phenoxy) is 1. The van der Waals surface area contributed by atoms with E-state index in [0.717, 1.165) is 24.3 Å². The number of rotatable bonds is 4. The highest BCUT2D eigenvalue weighted by Crippen LogP contribution is 2.36. The van der Waals surface area contributed by atoms with Gasteiger partial charge in [-0.25, -0.2) is 4.39 Å². The number of Topliss-reactive ketones (excluding diaryl/α,β-unsaturated/α-hetero) is 1. The Hall–Kier alpha value is -1.73. The number of ketones is 1. The van der Waals surface area contributed by atoms with Crippen LogP contribution in [0.4, 0.5) is 26.3 Å². The fraction of sp³-hybridized carbons (Fsp3) is 0.364. The third-order valence-corrected chi connectivity index (χ3v) is 2.10. The van der Waals surface area contributed by atoms with E-state index in [9.17, 15) is 31.1 Å². The molecule has 0 saturated heterocycles. The van der Waals surface area contributed by atoms with Crippen molar-refractivity contribution >= 4 is 5.78 Å². The van der Waals surface area contributed by atoms with Crippen molar-refractivity contribution in [2.45, 2.75) is 25.4 Å². The van der Waals surface area contributed by atoms with E-state index >= 15 is 0 Å². The maximum Gasteiger partial charge on any atom is 0.439 e. The van der Waals surface area contributed by atoms with Gasteiger partial charge in [0.2, 0.25) is 0 Å². The van der Waals surface area contributed by atoms with Crippen LogP contribution in [0, 0.1) is 0 Å². The van der Waals surface area contributed by atoms with Gasteiger partial charge in [0, 0.05) is 5.56 Å². The number of alkyl halides is 6. The van der Waals surface area contributed by atoms with E-state index in [-0.39, 0.29) is 11.3 Å². The molecule has 0 radical (unpaired) electrons. The number of carbonyl (C=O) groups excluding carboxylic acids is 1. The Kier molecular flexibility index (Phi) is 4.12. The van der Waals surface area contributed by atoms with Crippen LogP contribution < -0.4 is 4.74 Å². The predicted molar refractivity (Wildman–Crippen MR) is 53.0 cm³/mol. The fourth-order valence-corrected chi connectivity index (χ4v) is 1.16. The Morgan fingerprint density at radius 3 is 1.95 bits per heavy atom. The van der Waals surface area contributed by atoms with Crippen molar-refractivity contribution in [2.75, 3.05) is 0 Å². The number of halogens is 6. The van der Waals surface area contributed by atoms with Gasteiger partial charge in [-0.3, -0.25) is 4.79 Å². The lowest BCUT2D eigenvalue weighted by atomic mass is 10.1. The average Bonchev–Trinajstić information content (AvgIpc) is 2.27. The lowest BCUT2D eigenvalue weighted by molar-refractivity contribution is -0.304. The van der Waals surface area contributed by atoms with Gasteiger partial charge in [0.1, 0.15) is 5.75 Å². The molecule has 0 fully saturated rings. The molecule has 106 valence electrons. The maximum atomic E-state index is 12.9. The second-order valence-corrected chi connectivity index (χ2v) is 3.65. The van der Waals surface area contributed by atoms with E-state index < -0.39 is 24.2 Å². The van der Waals surface area contributed by atoms with Gasteiger partial charge in [-0.2, -0.15) is 22.0 Å². The number of hydrogen-bond donors (Lipinski definition) is 0. The molecule has 0 aliphatic heterocycles. The van der Waals surface area contributed by atoms with E-state index in [1.165, 1.54) is 6.92 Å². The fourth-order valence-electron chi connectivity index (χ4n) is 1.16. The van der Waals surface area contributed by atoms with Gasteiger partial charge in [0.25, 0.3) is 6.17 Å². The molecule has 0 saturated carbocycles. The summed E-state index contributed by atoms with van der Waals surface area (Å²) in [7, 11) is 0. The minimum Gasteiger partial charge on any atom is -0.430 e. The molecule has 1 rings (SSSR count). The molecule has 2 nitrogen and oxygen atoms in total. The summed E-state index contributed by atoms with van der Waals surface area (Å²) in [6.45, 7) is 1.21. The maximum absolute atomic E-state index is 12.9. The summed E-state index contributed by atoms with van der Waals surface area (Å²) >= 11 is 0. The zero-order valence-corrected chi connectivity index (χ0v) is 9.47. The van der Waals surface area contributed by atoms with Gasteiger partial charge in [0.15, 0.2) is 5.78 Å². The Morgan fingerprint density at radius 2 is 1.58 bits per heavy atom. The van der Waals surface area contributed by atoms with E-state index in [1.807, 2.05) is 0 Å². The first-order valence-corrected chi connectivity index (χ1v) is 4.92. The molecule has 1 atom stereocenters. The second-order valence-electron chi connectivity index (χ2n) is 3.65. The van der Waals surface area contributed by atoms with Gasteiger partial charge in [-0.05, 0) is 31.2 Å². The van der Waals surface area contributed by atoms with Crippen molar-refractivity contribution in [1.29, 1.82) is 0 Å². The lowest BCUT2D eigenvalue weighted by Gasteiger charge is -2.23. The molecule has 0 N–H and O–H groups in total. The topological polar surface area (TPSA) is 26.3 Å². The van der Waals surface area contributed by atoms with Crippen molar-refractivity contribution in [3.05, 3.63) is 29.8 Å². The first-order valence-electron chi connectivity index (χ1n) is 4.92. The first kappa shape index (κ1) is 15.3. The van der Waals surface area contributed by atoms with E-state index in [4.69, 9.17) is 0 Å². The van der Waals surface area contributed by atoms with Gasteiger partial charge in [-0.1, -0.05) is 0 Å². The third-order valence-electron chi connectivity index (χ3n) is 2.10.